The zero-order valence-corrected chi connectivity index (χ0v) is 19.5. The van der Waals surface area contributed by atoms with Crippen LogP contribution in [0.5, 0.6) is 0 Å². The monoisotopic (exact) mass is 491 g/mol. The predicted molar refractivity (Wildman–Crippen MR) is 129 cm³/mol. The Morgan fingerprint density at radius 2 is 1.94 bits per heavy atom. The van der Waals surface area contributed by atoms with Gasteiger partial charge < -0.3 is 9.73 Å². The number of hydrogen-bond acceptors (Lipinski definition) is 6. The summed E-state index contributed by atoms with van der Waals surface area (Å²) >= 11 is 4.74. The molecule has 2 heterocycles. The first kappa shape index (κ1) is 21.0. The topological polar surface area (TPSA) is 78.9 Å². The molecular formula is C24H18BrN3O2S. The molecule has 0 spiro atoms. The molecule has 2 aromatic carbocycles. The van der Waals surface area contributed by atoms with E-state index in [1.807, 2.05) is 26.0 Å². The number of allylic oxidation sites excluding steroid dienone is 1. The number of fused-ring (bicyclic) bond motifs is 1. The maximum absolute atomic E-state index is 12.5. The maximum Gasteiger partial charge on any atom is 0.345 e. The third-order valence-electron chi connectivity index (χ3n) is 4.86. The van der Waals surface area contributed by atoms with Crippen molar-refractivity contribution < 1.29 is 4.42 Å². The molecule has 4 aromatic rings. The molecule has 0 fully saturated rings. The highest BCUT2D eigenvalue weighted by Gasteiger charge is 2.14. The maximum atomic E-state index is 12.5. The normalized spacial score (nSPS) is 11.5. The Kier molecular flexibility index (Phi) is 5.77. The molecular weight excluding hydrogens is 474 g/mol. The molecule has 154 valence electrons. The molecule has 0 saturated heterocycles. The molecule has 0 unspecified atom stereocenters. The molecule has 5 nitrogen and oxygen atoms in total. The highest BCUT2D eigenvalue weighted by molar-refractivity contribution is 9.10. The second-order valence-electron chi connectivity index (χ2n) is 7.26. The minimum absolute atomic E-state index is 0.364. The van der Waals surface area contributed by atoms with Gasteiger partial charge in [-0.15, -0.1) is 11.3 Å². The van der Waals surface area contributed by atoms with Gasteiger partial charge in [0.1, 0.15) is 22.2 Å². The Balaban J connectivity index is 1.68. The molecule has 4 rings (SSSR count). The van der Waals surface area contributed by atoms with Crippen molar-refractivity contribution >= 4 is 49.5 Å². The molecule has 0 bridgehead atoms. The molecule has 31 heavy (non-hydrogen) atoms. The average molecular weight is 492 g/mol. The van der Waals surface area contributed by atoms with E-state index in [0.29, 0.717) is 27.4 Å². The Hall–Kier alpha value is -3.21. The zero-order chi connectivity index (χ0) is 22.1. The summed E-state index contributed by atoms with van der Waals surface area (Å²) in [7, 11) is 0. The fraction of sp³-hybridized carbons (Fsp3) is 0.125. The Labute approximate surface area is 191 Å². The second-order valence-corrected chi connectivity index (χ2v) is 9.03. The van der Waals surface area contributed by atoms with Gasteiger partial charge in [0.05, 0.1) is 11.3 Å². The van der Waals surface area contributed by atoms with E-state index >= 15 is 0 Å². The van der Waals surface area contributed by atoms with Gasteiger partial charge in [0.25, 0.3) is 0 Å². The van der Waals surface area contributed by atoms with Crippen LogP contribution in [-0.2, 0) is 0 Å². The number of halogens is 1. The van der Waals surface area contributed by atoms with E-state index in [4.69, 9.17) is 4.42 Å². The molecule has 7 heteroatoms. The fourth-order valence-electron chi connectivity index (χ4n) is 3.49. The summed E-state index contributed by atoms with van der Waals surface area (Å²) in [6.45, 7) is 6.11. The molecule has 0 radical (unpaired) electrons. The number of thiazole rings is 1. The van der Waals surface area contributed by atoms with Crippen molar-refractivity contribution in [1.82, 2.24) is 4.98 Å². The lowest BCUT2D eigenvalue weighted by Crippen LogP contribution is -2.03. The van der Waals surface area contributed by atoms with Gasteiger partial charge in [0, 0.05) is 27.1 Å². The van der Waals surface area contributed by atoms with Gasteiger partial charge in [-0.05, 0) is 56.2 Å². The molecule has 0 aliphatic heterocycles. The fourth-order valence-corrected chi connectivity index (χ4v) is 4.65. The van der Waals surface area contributed by atoms with Crippen molar-refractivity contribution in [3.05, 3.63) is 84.6 Å². The van der Waals surface area contributed by atoms with Crippen LogP contribution in [0, 0.1) is 32.1 Å². The molecule has 1 N–H and O–H groups in total. The van der Waals surface area contributed by atoms with E-state index in [2.05, 4.69) is 51.4 Å². The number of rotatable bonds is 4. The van der Waals surface area contributed by atoms with E-state index in [0.717, 1.165) is 26.7 Å². The molecule has 0 aliphatic rings. The van der Waals surface area contributed by atoms with Crippen molar-refractivity contribution in [3.8, 4) is 17.3 Å². The van der Waals surface area contributed by atoms with Crippen LogP contribution in [0.25, 0.3) is 27.8 Å². The summed E-state index contributed by atoms with van der Waals surface area (Å²) < 4.78 is 6.33. The van der Waals surface area contributed by atoms with Gasteiger partial charge in [-0.1, -0.05) is 33.6 Å². The Morgan fingerprint density at radius 1 is 1.19 bits per heavy atom. The molecule has 2 aromatic heterocycles. The predicted octanol–water partition coefficient (Wildman–Crippen LogP) is 6.58. The van der Waals surface area contributed by atoms with Crippen LogP contribution >= 0.6 is 27.3 Å². The largest absolute Gasteiger partial charge is 0.422 e. The number of nitrogens with one attached hydrogen (secondary N) is 1. The first-order valence-corrected chi connectivity index (χ1v) is 11.2. The van der Waals surface area contributed by atoms with Gasteiger partial charge in [0.15, 0.2) is 0 Å². The van der Waals surface area contributed by atoms with Gasteiger partial charge in [-0.3, -0.25) is 0 Å². The van der Waals surface area contributed by atoms with E-state index in [1.54, 1.807) is 23.7 Å². The third kappa shape index (κ3) is 4.31. The van der Waals surface area contributed by atoms with Crippen molar-refractivity contribution in [3.63, 3.8) is 0 Å². The molecule has 0 saturated carbocycles. The van der Waals surface area contributed by atoms with Crippen LogP contribution in [-0.4, -0.2) is 4.98 Å². The smallest absolute Gasteiger partial charge is 0.345 e. The van der Waals surface area contributed by atoms with Gasteiger partial charge in [-0.25, -0.2) is 9.78 Å². The van der Waals surface area contributed by atoms with Crippen molar-refractivity contribution in [2.75, 3.05) is 5.32 Å². The van der Waals surface area contributed by atoms with Crippen LogP contribution < -0.4 is 10.9 Å². The first-order valence-electron chi connectivity index (χ1n) is 9.50. The highest BCUT2D eigenvalue weighted by atomic mass is 79.9. The summed E-state index contributed by atoms with van der Waals surface area (Å²) in [5.74, 6) is 0. The van der Waals surface area contributed by atoms with Crippen LogP contribution in [0.15, 0.2) is 61.7 Å². The van der Waals surface area contributed by atoms with Crippen molar-refractivity contribution in [2.24, 2.45) is 0 Å². The quantitative estimate of drug-likeness (QED) is 0.257. The lowest BCUT2D eigenvalue weighted by atomic mass is 10.1. The number of hydrogen-bond donors (Lipinski definition) is 1. The van der Waals surface area contributed by atoms with Gasteiger partial charge in [-0.2, -0.15) is 5.26 Å². The molecule has 0 aliphatic carbocycles. The molecule has 0 amide bonds. The van der Waals surface area contributed by atoms with Gasteiger partial charge in [0.2, 0.25) is 0 Å². The summed E-state index contributed by atoms with van der Waals surface area (Å²) in [5.41, 5.74) is 5.66. The SMILES string of the molecule is Cc1cc(C)c(N/C=C(\C#N)c2nc(-c3cc4cc(Br)ccc4oc3=O)cs2)c(C)c1. The third-order valence-corrected chi connectivity index (χ3v) is 6.23. The summed E-state index contributed by atoms with van der Waals surface area (Å²) in [5, 5.41) is 16.0. The summed E-state index contributed by atoms with van der Waals surface area (Å²) in [6, 6.07) is 13.6. The van der Waals surface area contributed by atoms with Gasteiger partial charge >= 0.3 is 5.63 Å². The Bertz CT molecular complexity index is 1420. The number of nitriles is 1. The lowest BCUT2D eigenvalue weighted by Gasteiger charge is -2.11. The lowest BCUT2D eigenvalue weighted by molar-refractivity contribution is 0.563. The minimum atomic E-state index is -0.460. The first-order chi connectivity index (χ1) is 14.9. The number of benzene rings is 2. The number of anilines is 1. The molecule has 0 atom stereocenters. The van der Waals surface area contributed by atoms with Crippen LogP contribution in [0.3, 0.4) is 0 Å². The van der Waals surface area contributed by atoms with Crippen molar-refractivity contribution in [2.45, 2.75) is 20.8 Å². The van der Waals surface area contributed by atoms with E-state index in [9.17, 15) is 10.1 Å². The average Bonchev–Trinajstić information content (AvgIpc) is 3.19. The van der Waals surface area contributed by atoms with E-state index in [-0.39, 0.29) is 0 Å². The highest BCUT2D eigenvalue weighted by Crippen LogP contribution is 2.28. The Morgan fingerprint density at radius 3 is 2.65 bits per heavy atom. The summed E-state index contributed by atoms with van der Waals surface area (Å²) in [4.78, 5) is 17.0. The van der Waals surface area contributed by atoms with Crippen LogP contribution in [0.4, 0.5) is 5.69 Å². The number of aryl methyl sites for hydroxylation is 3. The second kappa shape index (κ2) is 8.50. The van der Waals surface area contributed by atoms with Crippen LogP contribution in [0.1, 0.15) is 21.7 Å². The van der Waals surface area contributed by atoms with E-state index in [1.165, 1.54) is 16.9 Å². The zero-order valence-electron chi connectivity index (χ0n) is 17.1. The van der Waals surface area contributed by atoms with E-state index < -0.39 is 5.63 Å². The van der Waals surface area contributed by atoms with Crippen molar-refractivity contribution in [1.29, 1.82) is 5.26 Å². The number of aromatic nitrogens is 1. The number of nitrogens with zero attached hydrogens (tertiary/aromatic N) is 2. The summed E-state index contributed by atoms with van der Waals surface area (Å²) in [6.07, 6.45) is 1.66. The standard InChI is InChI=1S/C24H18BrN3O2S/c1-13-6-14(2)22(15(3)7-13)27-11-17(10-26)23-28-20(12-31-23)19-9-16-8-18(25)4-5-21(16)30-24(19)29/h4-9,11-12,27H,1-3H3/b17-11+. The minimum Gasteiger partial charge on any atom is -0.422 e. The van der Waals surface area contributed by atoms with Crippen LogP contribution in [0.2, 0.25) is 0 Å².